The van der Waals surface area contributed by atoms with E-state index in [0.29, 0.717) is 6.42 Å². The average molecular weight is 615 g/mol. The number of aryl methyl sites for hydroxylation is 2. The molecular formula is C34H50N2O8. The number of carbonyl (C=O) groups excluding carboxylic acids is 4. The van der Waals surface area contributed by atoms with E-state index in [1.54, 1.807) is 15.2 Å². The van der Waals surface area contributed by atoms with Crippen molar-refractivity contribution in [3.8, 4) is 0 Å². The zero-order valence-electron chi connectivity index (χ0n) is 28.1. The van der Waals surface area contributed by atoms with Crippen molar-refractivity contribution in [2.24, 2.45) is 0 Å². The topological polar surface area (TPSA) is 115 Å². The van der Waals surface area contributed by atoms with Crippen molar-refractivity contribution in [1.82, 2.24) is 9.13 Å². The summed E-state index contributed by atoms with van der Waals surface area (Å²) >= 11 is 0. The SMILES string of the molecule is C=CC(=O)OC.C=Cc1ccc(CC)n1C(=O)OC(C)(C)C.CCc1cc2c(n1C(=O)OC(C)(C)C)CCCC2C(=O)OC. The summed E-state index contributed by atoms with van der Waals surface area (Å²) in [6, 6.07) is 5.75. The van der Waals surface area contributed by atoms with E-state index in [0.717, 1.165) is 60.1 Å². The Bertz CT molecular complexity index is 1320. The molecule has 0 spiro atoms. The summed E-state index contributed by atoms with van der Waals surface area (Å²) in [5.74, 6) is -0.900. The van der Waals surface area contributed by atoms with Gasteiger partial charge in [0.25, 0.3) is 0 Å². The first-order valence-electron chi connectivity index (χ1n) is 14.8. The highest BCUT2D eigenvalue weighted by Gasteiger charge is 2.33. The Morgan fingerprint density at radius 1 is 0.864 bits per heavy atom. The Hall–Kier alpha value is -4.08. The quantitative estimate of drug-likeness (QED) is 0.197. The normalized spacial score (nSPS) is 13.9. The third-order valence-corrected chi connectivity index (χ3v) is 6.43. The van der Waals surface area contributed by atoms with Crippen molar-refractivity contribution in [2.45, 2.75) is 105 Å². The van der Waals surface area contributed by atoms with E-state index in [1.165, 1.54) is 14.2 Å². The molecule has 0 radical (unpaired) electrons. The maximum atomic E-state index is 12.5. The van der Waals surface area contributed by atoms with Crippen LogP contribution in [0, 0.1) is 0 Å². The summed E-state index contributed by atoms with van der Waals surface area (Å²) in [7, 11) is 2.71. The van der Waals surface area contributed by atoms with Gasteiger partial charge in [0.15, 0.2) is 0 Å². The Labute approximate surface area is 262 Å². The molecule has 10 heteroatoms. The average Bonchev–Trinajstić information content (AvgIpc) is 3.56. The molecule has 0 aliphatic heterocycles. The molecule has 3 rings (SSSR count). The number of esters is 2. The van der Waals surface area contributed by atoms with Gasteiger partial charge in [-0.05, 0) is 103 Å². The van der Waals surface area contributed by atoms with E-state index in [1.807, 2.05) is 73.6 Å². The zero-order chi connectivity index (χ0) is 33.8. The van der Waals surface area contributed by atoms with Crippen LogP contribution in [0.15, 0.2) is 37.4 Å². The van der Waals surface area contributed by atoms with Crippen LogP contribution in [0.3, 0.4) is 0 Å². The number of methoxy groups -OCH3 is 2. The van der Waals surface area contributed by atoms with Gasteiger partial charge in [-0.1, -0.05) is 27.0 Å². The highest BCUT2D eigenvalue weighted by Crippen LogP contribution is 2.35. The summed E-state index contributed by atoms with van der Waals surface area (Å²) in [4.78, 5) is 46.3. The van der Waals surface area contributed by atoms with Gasteiger partial charge < -0.3 is 18.9 Å². The minimum absolute atomic E-state index is 0.232. The second kappa shape index (κ2) is 16.7. The van der Waals surface area contributed by atoms with Crippen molar-refractivity contribution in [1.29, 1.82) is 0 Å². The first kappa shape index (κ1) is 37.9. The fourth-order valence-electron chi connectivity index (χ4n) is 4.54. The number of aromatic nitrogens is 2. The van der Waals surface area contributed by atoms with E-state index < -0.39 is 17.2 Å². The zero-order valence-corrected chi connectivity index (χ0v) is 28.1. The van der Waals surface area contributed by atoms with Gasteiger partial charge in [0.2, 0.25) is 0 Å². The molecule has 44 heavy (non-hydrogen) atoms. The highest BCUT2D eigenvalue weighted by atomic mass is 16.6. The van der Waals surface area contributed by atoms with Crippen molar-refractivity contribution in [3.63, 3.8) is 0 Å². The van der Waals surface area contributed by atoms with Crippen LogP contribution in [0.2, 0.25) is 0 Å². The lowest BCUT2D eigenvalue weighted by Gasteiger charge is -2.24. The lowest BCUT2D eigenvalue weighted by atomic mass is 9.87. The predicted molar refractivity (Wildman–Crippen MR) is 171 cm³/mol. The van der Waals surface area contributed by atoms with Crippen LogP contribution in [0.1, 0.15) is 102 Å². The van der Waals surface area contributed by atoms with E-state index in [-0.39, 0.29) is 24.1 Å². The Morgan fingerprint density at radius 2 is 1.41 bits per heavy atom. The van der Waals surface area contributed by atoms with Crippen LogP contribution < -0.4 is 0 Å². The third-order valence-electron chi connectivity index (χ3n) is 6.43. The monoisotopic (exact) mass is 614 g/mol. The van der Waals surface area contributed by atoms with Crippen LogP contribution >= 0.6 is 0 Å². The molecule has 2 heterocycles. The van der Waals surface area contributed by atoms with Crippen molar-refractivity contribution in [2.75, 3.05) is 14.2 Å². The van der Waals surface area contributed by atoms with Crippen molar-refractivity contribution < 1.29 is 38.1 Å². The molecule has 0 bridgehead atoms. The largest absolute Gasteiger partial charge is 0.469 e. The number of fused-ring (bicyclic) bond motifs is 1. The molecule has 1 atom stereocenters. The Balaban J connectivity index is 0.000000385. The number of rotatable bonds is 5. The number of nitrogens with zero attached hydrogens (tertiary/aromatic N) is 2. The standard InChI is InChI=1S/C17H25NO4.C13H19NO2.C4H6O2/c1-6-11-10-13-12(15(19)21-5)8-7-9-14(13)18(11)16(20)22-17(2,3)4;1-6-10-8-9-11(7-2)14(10)12(15)16-13(3,4)5;1-3-4(5)6-2/h10,12H,6-9H2,1-5H3;6,8-9H,1,7H2,2-5H3;3H,1H2,2H3. The first-order valence-corrected chi connectivity index (χ1v) is 14.8. The lowest BCUT2D eigenvalue weighted by Crippen LogP contribution is -2.30. The van der Waals surface area contributed by atoms with Crippen molar-refractivity contribution >= 4 is 30.2 Å². The van der Waals surface area contributed by atoms with E-state index in [4.69, 9.17) is 14.2 Å². The first-order chi connectivity index (χ1) is 20.5. The van der Waals surface area contributed by atoms with E-state index >= 15 is 0 Å². The van der Waals surface area contributed by atoms with E-state index in [2.05, 4.69) is 17.9 Å². The molecule has 10 nitrogen and oxygen atoms in total. The molecule has 0 aromatic carbocycles. The maximum Gasteiger partial charge on any atom is 0.419 e. The smallest absolute Gasteiger partial charge is 0.419 e. The number of hydrogen-bond donors (Lipinski definition) is 0. The van der Waals surface area contributed by atoms with Gasteiger partial charge in [0.05, 0.1) is 25.8 Å². The molecule has 2 aromatic rings. The maximum absolute atomic E-state index is 12.5. The van der Waals surface area contributed by atoms with Crippen LogP contribution in [0.25, 0.3) is 6.08 Å². The molecule has 244 valence electrons. The Kier molecular flexibility index (Phi) is 14.4. The summed E-state index contributed by atoms with van der Waals surface area (Å²) in [6.07, 6.45) is 5.96. The predicted octanol–water partition coefficient (Wildman–Crippen LogP) is 7.25. The minimum atomic E-state index is -0.546. The molecule has 1 unspecified atom stereocenters. The summed E-state index contributed by atoms with van der Waals surface area (Å²) in [5, 5.41) is 0. The van der Waals surface area contributed by atoms with Gasteiger partial charge in [-0.15, -0.1) is 0 Å². The lowest BCUT2D eigenvalue weighted by molar-refractivity contribution is -0.142. The molecule has 0 saturated carbocycles. The van der Waals surface area contributed by atoms with Gasteiger partial charge in [-0.3, -0.25) is 13.9 Å². The second-order valence-electron chi connectivity index (χ2n) is 12.0. The van der Waals surface area contributed by atoms with Gasteiger partial charge in [0.1, 0.15) is 11.2 Å². The Morgan fingerprint density at radius 3 is 1.82 bits per heavy atom. The summed E-state index contributed by atoms with van der Waals surface area (Å²) in [5.41, 5.74) is 3.37. The molecular weight excluding hydrogens is 564 g/mol. The van der Waals surface area contributed by atoms with Crippen LogP contribution in [-0.2, 0) is 47.8 Å². The van der Waals surface area contributed by atoms with Gasteiger partial charge in [-0.2, -0.15) is 0 Å². The van der Waals surface area contributed by atoms with E-state index in [9.17, 15) is 19.2 Å². The summed E-state index contributed by atoms with van der Waals surface area (Å²) < 4.78 is 23.1. The minimum Gasteiger partial charge on any atom is -0.469 e. The molecule has 0 saturated heterocycles. The number of ether oxygens (including phenoxy) is 4. The molecule has 1 aliphatic rings. The fraction of sp³-hybridized carbons (Fsp3) is 0.529. The summed E-state index contributed by atoms with van der Waals surface area (Å²) in [6.45, 7) is 22.0. The molecule has 0 N–H and O–H groups in total. The second-order valence-corrected chi connectivity index (χ2v) is 12.0. The van der Waals surface area contributed by atoms with Crippen molar-refractivity contribution in [3.05, 3.63) is 65.8 Å². The van der Waals surface area contributed by atoms with Crippen LogP contribution in [0.5, 0.6) is 0 Å². The molecule has 0 fully saturated rings. The third kappa shape index (κ3) is 10.9. The fourth-order valence-corrected chi connectivity index (χ4v) is 4.54. The highest BCUT2D eigenvalue weighted by molar-refractivity contribution is 5.81. The van der Waals surface area contributed by atoms with Crippen LogP contribution in [0.4, 0.5) is 9.59 Å². The van der Waals surface area contributed by atoms with Crippen LogP contribution in [-0.4, -0.2) is 58.7 Å². The van der Waals surface area contributed by atoms with Gasteiger partial charge in [-0.25, -0.2) is 14.4 Å². The molecule has 2 aromatic heterocycles. The number of hydrogen-bond acceptors (Lipinski definition) is 8. The molecule has 0 amide bonds. The molecule has 1 aliphatic carbocycles. The van der Waals surface area contributed by atoms with Gasteiger partial charge in [0, 0.05) is 23.2 Å². The van der Waals surface area contributed by atoms with Gasteiger partial charge >= 0.3 is 24.1 Å². The number of carbonyl (C=O) groups is 4.